The maximum atomic E-state index is 12.1. The van der Waals surface area contributed by atoms with Gasteiger partial charge in [0.25, 0.3) is 5.56 Å². The molecule has 5 heteroatoms. The Balaban J connectivity index is 1.99. The van der Waals surface area contributed by atoms with E-state index in [0.29, 0.717) is 18.1 Å². The number of nitrogens with zero attached hydrogens (tertiary/aromatic N) is 3. The SMILES string of the molecule is O=c1c2ncccc2cnn1C[C@@H]1CCCN1. The van der Waals surface area contributed by atoms with Gasteiger partial charge in [0.05, 0.1) is 12.7 Å². The second-order valence-electron chi connectivity index (χ2n) is 4.37. The van der Waals surface area contributed by atoms with Crippen molar-refractivity contribution >= 4 is 10.9 Å². The maximum Gasteiger partial charge on any atom is 0.293 e. The summed E-state index contributed by atoms with van der Waals surface area (Å²) in [4.78, 5) is 16.2. The summed E-state index contributed by atoms with van der Waals surface area (Å²) < 4.78 is 1.51. The van der Waals surface area contributed by atoms with Crippen LogP contribution in [0.4, 0.5) is 0 Å². The summed E-state index contributed by atoms with van der Waals surface area (Å²) in [6.45, 7) is 1.66. The molecular weight excluding hydrogens is 216 g/mol. The van der Waals surface area contributed by atoms with Gasteiger partial charge in [-0.1, -0.05) is 0 Å². The first-order chi connectivity index (χ1) is 8.34. The van der Waals surface area contributed by atoms with Gasteiger partial charge in [0.2, 0.25) is 0 Å². The van der Waals surface area contributed by atoms with Crippen molar-refractivity contribution < 1.29 is 0 Å². The van der Waals surface area contributed by atoms with E-state index in [2.05, 4.69) is 15.4 Å². The van der Waals surface area contributed by atoms with Crippen LogP contribution in [-0.2, 0) is 6.54 Å². The van der Waals surface area contributed by atoms with Gasteiger partial charge < -0.3 is 5.32 Å². The molecule has 0 aliphatic carbocycles. The van der Waals surface area contributed by atoms with Crippen molar-refractivity contribution in [1.82, 2.24) is 20.1 Å². The van der Waals surface area contributed by atoms with Crippen LogP contribution < -0.4 is 10.9 Å². The van der Waals surface area contributed by atoms with Gasteiger partial charge in [-0.3, -0.25) is 9.78 Å². The smallest absolute Gasteiger partial charge is 0.293 e. The van der Waals surface area contributed by atoms with E-state index in [1.54, 1.807) is 12.4 Å². The van der Waals surface area contributed by atoms with E-state index in [-0.39, 0.29) is 5.56 Å². The molecule has 1 N–H and O–H groups in total. The molecule has 0 aromatic carbocycles. The van der Waals surface area contributed by atoms with Crippen LogP contribution in [0.25, 0.3) is 10.9 Å². The minimum atomic E-state index is -0.100. The van der Waals surface area contributed by atoms with Crippen LogP contribution in [0.2, 0.25) is 0 Å². The molecule has 1 fully saturated rings. The normalized spacial score (nSPS) is 19.9. The largest absolute Gasteiger partial charge is 0.312 e. The Morgan fingerprint density at radius 1 is 1.53 bits per heavy atom. The fourth-order valence-corrected chi connectivity index (χ4v) is 2.26. The number of pyridine rings is 1. The molecule has 1 saturated heterocycles. The Morgan fingerprint density at radius 3 is 3.29 bits per heavy atom. The second kappa shape index (κ2) is 4.25. The fraction of sp³-hybridized carbons (Fsp3) is 0.417. The van der Waals surface area contributed by atoms with E-state index in [9.17, 15) is 4.79 Å². The van der Waals surface area contributed by atoms with Crippen molar-refractivity contribution in [2.45, 2.75) is 25.4 Å². The predicted molar refractivity (Wildman–Crippen MR) is 64.8 cm³/mol. The number of nitrogens with one attached hydrogen (secondary N) is 1. The number of fused-ring (bicyclic) bond motifs is 1. The Labute approximate surface area is 98.5 Å². The van der Waals surface area contributed by atoms with Gasteiger partial charge in [-0.2, -0.15) is 5.10 Å². The molecule has 1 aliphatic rings. The lowest BCUT2D eigenvalue weighted by Crippen LogP contribution is -2.33. The first kappa shape index (κ1) is 10.4. The summed E-state index contributed by atoms with van der Waals surface area (Å²) in [5.41, 5.74) is 0.400. The van der Waals surface area contributed by atoms with Crippen LogP contribution in [0.3, 0.4) is 0 Å². The maximum absolute atomic E-state index is 12.1. The molecule has 3 heterocycles. The van der Waals surface area contributed by atoms with Gasteiger partial charge in [0.1, 0.15) is 5.52 Å². The molecule has 1 aliphatic heterocycles. The van der Waals surface area contributed by atoms with Crippen LogP contribution in [0, 0.1) is 0 Å². The van der Waals surface area contributed by atoms with Crippen LogP contribution in [0.5, 0.6) is 0 Å². The number of rotatable bonds is 2. The van der Waals surface area contributed by atoms with E-state index in [4.69, 9.17) is 0 Å². The molecular formula is C12H14N4O. The molecule has 0 spiro atoms. The Kier molecular flexibility index (Phi) is 2.60. The van der Waals surface area contributed by atoms with Crippen molar-refractivity contribution in [1.29, 1.82) is 0 Å². The van der Waals surface area contributed by atoms with Crippen molar-refractivity contribution in [3.8, 4) is 0 Å². The molecule has 2 aromatic rings. The zero-order chi connectivity index (χ0) is 11.7. The van der Waals surface area contributed by atoms with Gasteiger partial charge in [-0.25, -0.2) is 4.68 Å². The monoisotopic (exact) mass is 230 g/mol. The highest BCUT2D eigenvalue weighted by Crippen LogP contribution is 2.07. The lowest BCUT2D eigenvalue weighted by atomic mass is 10.2. The lowest BCUT2D eigenvalue weighted by Gasteiger charge is -2.11. The van der Waals surface area contributed by atoms with E-state index < -0.39 is 0 Å². The van der Waals surface area contributed by atoms with Crippen molar-refractivity contribution in [3.05, 3.63) is 34.9 Å². The van der Waals surface area contributed by atoms with Crippen LogP contribution in [-0.4, -0.2) is 27.4 Å². The predicted octanol–water partition coefficient (Wildman–Crippen LogP) is 0.543. The van der Waals surface area contributed by atoms with Crippen LogP contribution >= 0.6 is 0 Å². The molecule has 0 unspecified atom stereocenters. The summed E-state index contributed by atoms with van der Waals surface area (Å²) in [6, 6.07) is 4.03. The molecule has 2 aromatic heterocycles. The Morgan fingerprint density at radius 2 is 2.47 bits per heavy atom. The Hall–Kier alpha value is -1.75. The van der Waals surface area contributed by atoms with E-state index >= 15 is 0 Å². The zero-order valence-electron chi connectivity index (χ0n) is 9.47. The minimum absolute atomic E-state index is 0.100. The van der Waals surface area contributed by atoms with E-state index in [1.807, 2.05) is 12.1 Å². The standard InChI is InChI=1S/C12H14N4O/c17-12-11-9(3-1-6-14-11)7-15-16(12)8-10-4-2-5-13-10/h1,3,6-7,10,13H,2,4-5,8H2/t10-/m0/s1. The molecule has 1 atom stereocenters. The third-order valence-electron chi connectivity index (χ3n) is 3.17. The molecule has 0 amide bonds. The molecule has 0 bridgehead atoms. The fourth-order valence-electron chi connectivity index (χ4n) is 2.26. The summed E-state index contributed by atoms with van der Waals surface area (Å²) in [7, 11) is 0. The van der Waals surface area contributed by atoms with Gasteiger partial charge >= 0.3 is 0 Å². The van der Waals surface area contributed by atoms with Gasteiger partial charge in [-0.05, 0) is 31.5 Å². The zero-order valence-corrected chi connectivity index (χ0v) is 9.47. The highest BCUT2D eigenvalue weighted by Gasteiger charge is 2.16. The Bertz CT molecular complexity index is 586. The number of hydrogen-bond acceptors (Lipinski definition) is 4. The average Bonchev–Trinajstić information content (AvgIpc) is 2.86. The van der Waals surface area contributed by atoms with E-state index in [1.165, 1.54) is 11.1 Å². The summed E-state index contributed by atoms with van der Waals surface area (Å²) in [5, 5.41) is 8.35. The molecule has 0 saturated carbocycles. The highest BCUT2D eigenvalue weighted by molar-refractivity contribution is 5.75. The quantitative estimate of drug-likeness (QED) is 0.818. The van der Waals surface area contributed by atoms with Gasteiger partial charge in [-0.15, -0.1) is 0 Å². The lowest BCUT2D eigenvalue weighted by molar-refractivity contribution is 0.461. The minimum Gasteiger partial charge on any atom is -0.312 e. The van der Waals surface area contributed by atoms with E-state index in [0.717, 1.165) is 18.4 Å². The molecule has 5 nitrogen and oxygen atoms in total. The molecule has 88 valence electrons. The first-order valence-electron chi connectivity index (χ1n) is 5.89. The van der Waals surface area contributed by atoms with Crippen molar-refractivity contribution in [2.24, 2.45) is 0 Å². The molecule has 3 rings (SSSR count). The third-order valence-corrected chi connectivity index (χ3v) is 3.17. The topological polar surface area (TPSA) is 59.8 Å². The van der Waals surface area contributed by atoms with Gasteiger partial charge in [0, 0.05) is 17.6 Å². The first-order valence-corrected chi connectivity index (χ1v) is 5.89. The van der Waals surface area contributed by atoms with Gasteiger partial charge in [0.15, 0.2) is 0 Å². The van der Waals surface area contributed by atoms with Crippen molar-refractivity contribution in [2.75, 3.05) is 6.54 Å². The summed E-state index contributed by atoms with van der Waals surface area (Å²) in [5.74, 6) is 0. The van der Waals surface area contributed by atoms with Crippen LogP contribution in [0.1, 0.15) is 12.8 Å². The number of hydrogen-bond donors (Lipinski definition) is 1. The van der Waals surface area contributed by atoms with Crippen LogP contribution in [0.15, 0.2) is 29.3 Å². The molecule has 17 heavy (non-hydrogen) atoms. The summed E-state index contributed by atoms with van der Waals surface area (Å²) in [6.07, 6.45) is 5.63. The average molecular weight is 230 g/mol. The highest BCUT2D eigenvalue weighted by atomic mass is 16.1. The number of aromatic nitrogens is 3. The molecule has 0 radical (unpaired) electrons. The second-order valence-corrected chi connectivity index (χ2v) is 4.37. The third kappa shape index (κ3) is 1.93. The van der Waals surface area contributed by atoms with Crippen molar-refractivity contribution in [3.63, 3.8) is 0 Å². The summed E-state index contributed by atoms with van der Waals surface area (Å²) >= 11 is 0.